The van der Waals surface area contributed by atoms with Crippen LogP contribution in [0.2, 0.25) is 0 Å². The first kappa shape index (κ1) is 18.2. The van der Waals surface area contributed by atoms with E-state index in [1.54, 1.807) is 24.3 Å². The maximum Gasteiger partial charge on any atom is 0.329 e. The minimum Gasteiger partial charge on any atom is -0.507 e. The summed E-state index contributed by atoms with van der Waals surface area (Å²) in [4.78, 5) is 24.2. The lowest BCUT2D eigenvalue weighted by molar-refractivity contribution is -0.136. The van der Waals surface area contributed by atoms with E-state index in [-0.39, 0.29) is 5.75 Å². The molecular formula is C23H17N3O3. The average molecular weight is 383 g/mol. The van der Waals surface area contributed by atoms with Crippen LogP contribution in [-0.2, 0) is 9.59 Å². The van der Waals surface area contributed by atoms with Crippen LogP contribution >= 0.6 is 0 Å². The molecule has 6 heteroatoms. The predicted octanol–water partition coefficient (Wildman–Crippen LogP) is 3.79. The fraction of sp³-hybridized carbons (Fsp3) is 0. The molecule has 4 aromatic carbocycles. The summed E-state index contributed by atoms with van der Waals surface area (Å²) in [5.41, 5.74) is 3.16. The van der Waals surface area contributed by atoms with E-state index >= 15 is 0 Å². The number of rotatable bonds is 3. The number of carbonyl (C=O) groups is 2. The highest BCUT2D eigenvalue weighted by molar-refractivity contribution is 6.39. The molecule has 0 aliphatic carbocycles. The van der Waals surface area contributed by atoms with Crippen molar-refractivity contribution in [2.45, 2.75) is 0 Å². The predicted molar refractivity (Wildman–Crippen MR) is 114 cm³/mol. The molecule has 3 N–H and O–H groups in total. The smallest absolute Gasteiger partial charge is 0.329 e. The van der Waals surface area contributed by atoms with Gasteiger partial charge in [-0.3, -0.25) is 9.59 Å². The van der Waals surface area contributed by atoms with Crippen LogP contribution in [0.5, 0.6) is 5.75 Å². The van der Waals surface area contributed by atoms with Crippen LogP contribution in [-0.4, -0.2) is 23.1 Å². The third-order valence-electron chi connectivity index (χ3n) is 4.52. The first-order valence-corrected chi connectivity index (χ1v) is 8.96. The van der Waals surface area contributed by atoms with Gasteiger partial charge in [0.2, 0.25) is 0 Å². The molecule has 142 valence electrons. The number of aromatic hydroxyl groups is 1. The largest absolute Gasteiger partial charge is 0.507 e. The van der Waals surface area contributed by atoms with E-state index in [0.717, 1.165) is 21.5 Å². The number of phenolic OH excluding ortho intramolecular Hbond substituents is 1. The van der Waals surface area contributed by atoms with Crippen molar-refractivity contribution in [3.05, 3.63) is 84.4 Å². The van der Waals surface area contributed by atoms with Crippen molar-refractivity contribution < 1.29 is 14.7 Å². The SMILES string of the molecule is O=C(NN=Cc1c(O)ccc2ccccc12)C(=O)Nc1ccc2ccccc2c1. The van der Waals surface area contributed by atoms with Gasteiger partial charge in [0.1, 0.15) is 5.75 Å². The quantitative estimate of drug-likeness (QED) is 0.286. The van der Waals surface area contributed by atoms with Crippen LogP contribution in [0.25, 0.3) is 21.5 Å². The van der Waals surface area contributed by atoms with Crippen molar-refractivity contribution in [3.63, 3.8) is 0 Å². The Hall–Kier alpha value is -4.19. The van der Waals surface area contributed by atoms with Crippen molar-refractivity contribution in [3.8, 4) is 5.75 Å². The zero-order valence-corrected chi connectivity index (χ0v) is 15.3. The number of benzene rings is 4. The summed E-state index contributed by atoms with van der Waals surface area (Å²) in [5.74, 6) is -1.71. The standard InChI is InChI=1S/C23H17N3O3/c27-21-12-10-16-6-3-4-8-19(16)20(21)14-24-26-23(29)22(28)25-18-11-9-15-5-1-2-7-17(15)13-18/h1-14,27H,(H,25,28)(H,26,29). The average Bonchev–Trinajstić information content (AvgIpc) is 2.75. The number of fused-ring (bicyclic) bond motifs is 2. The number of hydrogen-bond acceptors (Lipinski definition) is 4. The number of nitrogens with one attached hydrogen (secondary N) is 2. The third-order valence-corrected chi connectivity index (χ3v) is 4.52. The van der Waals surface area contributed by atoms with Crippen molar-refractivity contribution in [2.75, 3.05) is 5.32 Å². The molecule has 0 radical (unpaired) electrons. The van der Waals surface area contributed by atoms with Crippen molar-refractivity contribution in [2.24, 2.45) is 5.10 Å². The Kier molecular flexibility index (Phi) is 4.90. The number of hydrazone groups is 1. The number of phenols is 1. The molecule has 2 amide bonds. The van der Waals surface area contributed by atoms with Gasteiger partial charge in [0.15, 0.2) is 0 Å². The topological polar surface area (TPSA) is 90.8 Å². The molecule has 0 saturated carbocycles. The third kappa shape index (κ3) is 3.91. The molecule has 0 spiro atoms. The summed E-state index contributed by atoms with van der Waals surface area (Å²) in [6.45, 7) is 0. The van der Waals surface area contributed by atoms with Crippen LogP contribution in [0.15, 0.2) is 84.0 Å². The number of hydrogen-bond donors (Lipinski definition) is 3. The second-order valence-corrected chi connectivity index (χ2v) is 6.43. The van der Waals surface area contributed by atoms with Gasteiger partial charge in [0.25, 0.3) is 0 Å². The second-order valence-electron chi connectivity index (χ2n) is 6.43. The molecule has 4 rings (SSSR count). The Labute approximate surface area is 166 Å². The van der Waals surface area contributed by atoms with E-state index in [1.165, 1.54) is 6.21 Å². The van der Waals surface area contributed by atoms with Gasteiger partial charge in [-0.25, -0.2) is 5.43 Å². The minimum atomic E-state index is -0.908. The summed E-state index contributed by atoms with van der Waals surface area (Å²) in [7, 11) is 0. The van der Waals surface area contributed by atoms with Crippen molar-refractivity contribution >= 4 is 45.3 Å². The van der Waals surface area contributed by atoms with Gasteiger partial charge >= 0.3 is 11.8 Å². The molecule has 0 aliphatic rings. The Morgan fingerprint density at radius 1 is 0.793 bits per heavy atom. The second kappa shape index (κ2) is 7.82. The monoisotopic (exact) mass is 383 g/mol. The Morgan fingerprint density at radius 3 is 2.31 bits per heavy atom. The van der Waals surface area contributed by atoms with E-state index in [9.17, 15) is 14.7 Å². The molecular weight excluding hydrogens is 366 g/mol. The van der Waals surface area contributed by atoms with E-state index in [4.69, 9.17) is 0 Å². The number of amides is 2. The Bertz CT molecular complexity index is 1260. The number of anilines is 1. The van der Waals surface area contributed by atoms with Crippen molar-refractivity contribution in [1.29, 1.82) is 0 Å². The van der Waals surface area contributed by atoms with Crippen LogP contribution in [0, 0.1) is 0 Å². The van der Waals surface area contributed by atoms with Gasteiger partial charge in [0, 0.05) is 11.3 Å². The molecule has 6 nitrogen and oxygen atoms in total. The molecule has 0 fully saturated rings. The van der Waals surface area contributed by atoms with Gasteiger partial charge in [0.05, 0.1) is 6.21 Å². The highest BCUT2D eigenvalue weighted by Gasteiger charge is 2.13. The molecule has 0 atom stereocenters. The van der Waals surface area contributed by atoms with Crippen LogP contribution in [0.4, 0.5) is 5.69 Å². The maximum atomic E-state index is 12.1. The Morgan fingerprint density at radius 2 is 1.48 bits per heavy atom. The fourth-order valence-electron chi connectivity index (χ4n) is 3.08. The zero-order valence-electron chi connectivity index (χ0n) is 15.3. The normalized spacial score (nSPS) is 11.0. The lowest BCUT2D eigenvalue weighted by Gasteiger charge is -2.06. The van der Waals surface area contributed by atoms with Crippen LogP contribution in [0.3, 0.4) is 0 Å². The molecule has 0 saturated heterocycles. The minimum absolute atomic E-state index is 0.0299. The summed E-state index contributed by atoms with van der Waals surface area (Å²) in [6, 6.07) is 23.9. The molecule has 0 unspecified atom stereocenters. The summed E-state index contributed by atoms with van der Waals surface area (Å²) in [6.07, 6.45) is 1.32. The van der Waals surface area contributed by atoms with E-state index in [0.29, 0.717) is 11.3 Å². The van der Waals surface area contributed by atoms with Gasteiger partial charge in [-0.1, -0.05) is 60.7 Å². The van der Waals surface area contributed by atoms with Crippen molar-refractivity contribution in [1.82, 2.24) is 5.43 Å². The number of nitrogens with zero attached hydrogens (tertiary/aromatic N) is 1. The molecule has 29 heavy (non-hydrogen) atoms. The van der Waals surface area contributed by atoms with Crippen LogP contribution < -0.4 is 10.7 Å². The molecule has 0 bridgehead atoms. The molecule has 0 heterocycles. The first-order valence-electron chi connectivity index (χ1n) is 8.96. The van der Waals surface area contributed by atoms with Gasteiger partial charge in [-0.2, -0.15) is 5.10 Å². The summed E-state index contributed by atoms with van der Waals surface area (Å²) in [5, 5.41) is 20.1. The van der Waals surface area contributed by atoms with Gasteiger partial charge < -0.3 is 10.4 Å². The highest BCUT2D eigenvalue weighted by Crippen LogP contribution is 2.25. The maximum absolute atomic E-state index is 12.1. The lowest BCUT2D eigenvalue weighted by Crippen LogP contribution is -2.32. The lowest BCUT2D eigenvalue weighted by atomic mass is 10.0. The number of carbonyl (C=O) groups excluding carboxylic acids is 2. The van der Waals surface area contributed by atoms with E-state index in [2.05, 4.69) is 15.8 Å². The summed E-state index contributed by atoms with van der Waals surface area (Å²) < 4.78 is 0. The van der Waals surface area contributed by atoms with Crippen LogP contribution in [0.1, 0.15) is 5.56 Å². The first-order chi connectivity index (χ1) is 14.1. The van der Waals surface area contributed by atoms with Gasteiger partial charge in [-0.15, -0.1) is 0 Å². The highest BCUT2D eigenvalue weighted by atomic mass is 16.3. The zero-order chi connectivity index (χ0) is 20.2. The molecule has 0 aliphatic heterocycles. The van der Waals surface area contributed by atoms with E-state index in [1.807, 2.05) is 54.6 Å². The Balaban J connectivity index is 1.45. The van der Waals surface area contributed by atoms with E-state index < -0.39 is 11.8 Å². The van der Waals surface area contributed by atoms with Gasteiger partial charge in [-0.05, 0) is 39.7 Å². The summed E-state index contributed by atoms with van der Waals surface area (Å²) >= 11 is 0. The molecule has 4 aromatic rings. The molecule has 0 aromatic heterocycles. The fourth-order valence-corrected chi connectivity index (χ4v) is 3.08.